The molecule has 0 fully saturated rings. The largest absolute Gasteiger partial charge is 0.462 e. The molecule has 0 N–H and O–H groups in total. The van der Waals surface area contributed by atoms with Gasteiger partial charge in [0.15, 0.2) is 6.10 Å². The summed E-state index contributed by atoms with van der Waals surface area (Å²) < 4.78 is 16.9. The molecule has 420 valence electrons. The monoisotopic (exact) mass is 1020 g/mol. The second kappa shape index (κ2) is 61.1. The normalized spacial score (nSPS) is 12.6. The maximum absolute atomic E-state index is 12.9. The Balaban J connectivity index is 4.42. The van der Waals surface area contributed by atoms with E-state index < -0.39 is 6.10 Å². The van der Waals surface area contributed by atoms with Gasteiger partial charge < -0.3 is 14.2 Å². The Morgan fingerprint density at radius 3 is 0.795 bits per heavy atom. The molecule has 0 aliphatic rings. The molecule has 0 aromatic rings. The van der Waals surface area contributed by atoms with Gasteiger partial charge in [0.1, 0.15) is 13.2 Å². The highest BCUT2D eigenvalue weighted by molar-refractivity contribution is 5.71. The first kappa shape index (κ1) is 69.6. The molecule has 0 saturated heterocycles. The Kier molecular flexibility index (Phi) is 58.3. The molecule has 0 spiro atoms. The standard InChI is InChI=1S/C67H116O6/c1-4-7-10-13-16-19-22-25-28-30-32-33-35-36-39-42-45-48-51-54-57-60-66(69)72-63-64(62-71-65(68)59-56-53-50-47-44-41-38-27-24-21-18-15-12-9-6-3)73-67(70)61-58-55-52-49-46-43-40-37-34-31-29-26-23-20-17-14-11-8-5-2/h17-18,20-22,25-27,29-30,32,35-36,38,64H,4-16,19,23-24,28,31,33-34,37,39-63H2,1-3H3/b20-17-,21-18-,25-22-,29-26-,32-30-,36-35-,38-27-. The van der Waals surface area contributed by atoms with Crippen molar-refractivity contribution < 1.29 is 28.6 Å². The predicted molar refractivity (Wildman–Crippen MR) is 316 cm³/mol. The fourth-order valence-corrected chi connectivity index (χ4v) is 8.63. The molecule has 0 rings (SSSR count). The van der Waals surface area contributed by atoms with Crippen LogP contribution in [0.5, 0.6) is 0 Å². The molecule has 6 nitrogen and oxygen atoms in total. The zero-order chi connectivity index (χ0) is 52.9. The van der Waals surface area contributed by atoms with Gasteiger partial charge in [0.25, 0.3) is 0 Å². The molecule has 73 heavy (non-hydrogen) atoms. The molecule has 0 aromatic carbocycles. The van der Waals surface area contributed by atoms with E-state index in [0.717, 1.165) is 109 Å². The van der Waals surface area contributed by atoms with Crippen LogP contribution < -0.4 is 0 Å². The minimum absolute atomic E-state index is 0.0893. The lowest BCUT2D eigenvalue weighted by Crippen LogP contribution is -2.30. The number of hydrogen-bond acceptors (Lipinski definition) is 6. The van der Waals surface area contributed by atoms with E-state index in [1.807, 2.05) is 0 Å². The van der Waals surface area contributed by atoms with Crippen molar-refractivity contribution in [3.8, 4) is 0 Å². The summed E-state index contributed by atoms with van der Waals surface area (Å²) in [6.07, 6.45) is 80.0. The van der Waals surface area contributed by atoms with Crippen molar-refractivity contribution in [2.45, 2.75) is 309 Å². The lowest BCUT2D eigenvalue weighted by molar-refractivity contribution is -0.167. The van der Waals surface area contributed by atoms with E-state index >= 15 is 0 Å². The van der Waals surface area contributed by atoms with E-state index in [4.69, 9.17) is 14.2 Å². The Bertz CT molecular complexity index is 1400. The van der Waals surface area contributed by atoms with Crippen LogP contribution in [0.4, 0.5) is 0 Å². The smallest absolute Gasteiger partial charge is 0.306 e. The van der Waals surface area contributed by atoms with Crippen LogP contribution in [0.15, 0.2) is 85.1 Å². The van der Waals surface area contributed by atoms with Gasteiger partial charge in [-0.15, -0.1) is 0 Å². The highest BCUT2D eigenvalue weighted by Gasteiger charge is 2.19. The third kappa shape index (κ3) is 59.3. The van der Waals surface area contributed by atoms with Crippen LogP contribution in [0.1, 0.15) is 303 Å². The molecular weight excluding hydrogens is 901 g/mol. The van der Waals surface area contributed by atoms with Crippen molar-refractivity contribution in [3.05, 3.63) is 85.1 Å². The van der Waals surface area contributed by atoms with Crippen LogP contribution in [0, 0.1) is 0 Å². The third-order valence-corrected chi connectivity index (χ3v) is 13.3. The van der Waals surface area contributed by atoms with Crippen molar-refractivity contribution >= 4 is 17.9 Å². The van der Waals surface area contributed by atoms with Crippen LogP contribution in [-0.2, 0) is 28.6 Å². The second-order valence-corrected chi connectivity index (χ2v) is 20.6. The van der Waals surface area contributed by atoms with Gasteiger partial charge in [-0.2, -0.15) is 0 Å². The molecule has 6 heteroatoms. The molecule has 1 unspecified atom stereocenters. The van der Waals surface area contributed by atoms with Gasteiger partial charge in [0.05, 0.1) is 0 Å². The topological polar surface area (TPSA) is 78.9 Å². The van der Waals surface area contributed by atoms with E-state index in [-0.39, 0.29) is 31.1 Å². The Hall–Kier alpha value is -3.41. The van der Waals surface area contributed by atoms with Gasteiger partial charge >= 0.3 is 17.9 Å². The molecule has 0 amide bonds. The van der Waals surface area contributed by atoms with Crippen LogP contribution in [0.2, 0.25) is 0 Å². The number of esters is 3. The average Bonchev–Trinajstić information content (AvgIpc) is 3.39. The number of rotatable bonds is 56. The van der Waals surface area contributed by atoms with Crippen LogP contribution in [0.3, 0.4) is 0 Å². The third-order valence-electron chi connectivity index (χ3n) is 13.3. The number of hydrogen-bond donors (Lipinski definition) is 0. The van der Waals surface area contributed by atoms with E-state index in [9.17, 15) is 14.4 Å². The summed E-state index contributed by atoms with van der Waals surface area (Å²) in [6.45, 7) is 6.57. The summed E-state index contributed by atoms with van der Waals surface area (Å²) in [6, 6.07) is 0. The lowest BCUT2D eigenvalue weighted by Gasteiger charge is -2.18. The van der Waals surface area contributed by atoms with E-state index in [0.29, 0.717) is 19.3 Å². The van der Waals surface area contributed by atoms with Gasteiger partial charge in [0, 0.05) is 19.3 Å². The fraction of sp³-hybridized carbons (Fsp3) is 0.746. The van der Waals surface area contributed by atoms with Crippen molar-refractivity contribution in [3.63, 3.8) is 0 Å². The second-order valence-electron chi connectivity index (χ2n) is 20.6. The summed E-state index contributed by atoms with van der Waals surface area (Å²) in [7, 11) is 0. The van der Waals surface area contributed by atoms with E-state index in [1.165, 1.54) is 154 Å². The Morgan fingerprint density at radius 2 is 0.493 bits per heavy atom. The average molecular weight is 1020 g/mol. The summed E-state index contributed by atoms with van der Waals surface area (Å²) in [5, 5.41) is 0. The minimum atomic E-state index is -0.792. The Labute approximate surface area is 452 Å². The van der Waals surface area contributed by atoms with Crippen molar-refractivity contribution in [1.29, 1.82) is 0 Å². The first-order valence-electron chi connectivity index (χ1n) is 31.1. The highest BCUT2D eigenvalue weighted by Crippen LogP contribution is 2.15. The van der Waals surface area contributed by atoms with Gasteiger partial charge in [0.2, 0.25) is 0 Å². The summed E-state index contributed by atoms with van der Waals surface area (Å²) >= 11 is 0. The fourth-order valence-electron chi connectivity index (χ4n) is 8.63. The minimum Gasteiger partial charge on any atom is -0.462 e. The highest BCUT2D eigenvalue weighted by atomic mass is 16.6. The summed E-state index contributed by atoms with van der Waals surface area (Å²) in [5.41, 5.74) is 0. The predicted octanol–water partition coefficient (Wildman–Crippen LogP) is 21.1. The lowest BCUT2D eigenvalue weighted by atomic mass is 10.1. The first-order valence-corrected chi connectivity index (χ1v) is 31.1. The van der Waals surface area contributed by atoms with Crippen molar-refractivity contribution in [2.24, 2.45) is 0 Å². The molecule has 0 saturated carbocycles. The molecule has 0 bridgehead atoms. The van der Waals surface area contributed by atoms with Gasteiger partial charge in [-0.3, -0.25) is 14.4 Å². The van der Waals surface area contributed by atoms with Gasteiger partial charge in [-0.05, 0) is 122 Å². The Morgan fingerprint density at radius 1 is 0.274 bits per heavy atom. The molecule has 0 aliphatic heterocycles. The molecule has 0 aromatic heterocycles. The van der Waals surface area contributed by atoms with Crippen molar-refractivity contribution in [2.75, 3.05) is 13.2 Å². The van der Waals surface area contributed by atoms with Crippen molar-refractivity contribution in [1.82, 2.24) is 0 Å². The van der Waals surface area contributed by atoms with Crippen LogP contribution in [0.25, 0.3) is 0 Å². The zero-order valence-corrected chi connectivity index (χ0v) is 48.1. The number of ether oxygens (including phenoxy) is 3. The van der Waals surface area contributed by atoms with E-state index in [2.05, 4.69) is 106 Å². The van der Waals surface area contributed by atoms with Gasteiger partial charge in [-0.25, -0.2) is 0 Å². The number of carbonyl (C=O) groups excluding carboxylic acids is 3. The molecule has 1 atom stereocenters. The number of allylic oxidation sites excluding steroid dienone is 14. The maximum atomic E-state index is 12.9. The van der Waals surface area contributed by atoms with Gasteiger partial charge in [-0.1, -0.05) is 247 Å². The molecule has 0 heterocycles. The van der Waals surface area contributed by atoms with Crippen LogP contribution in [-0.4, -0.2) is 37.2 Å². The quantitative estimate of drug-likeness (QED) is 0.0261. The summed E-state index contributed by atoms with van der Waals surface area (Å²) in [4.78, 5) is 38.3. The molecule has 0 radical (unpaired) electrons. The molecular formula is C67H116O6. The SMILES string of the molecule is CCCCC/C=C\C/C=C\CCCCCCCCCCCC(=O)OC(COC(=O)CCCCCCC/C=C\C/C=C\CCCCC)COC(=O)CCCCCCCC/C=C\C/C=C\C/C=C\CCCCCCC. The summed E-state index contributed by atoms with van der Waals surface area (Å²) in [5.74, 6) is -0.909. The maximum Gasteiger partial charge on any atom is 0.306 e. The molecule has 0 aliphatic carbocycles. The van der Waals surface area contributed by atoms with E-state index in [1.54, 1.807) is 0 Å². The number of unbranched alkanes of at least 4 members (excludes halogenated alkanes) is 31. The zero-order valence-electron chi connectivity index (χ0n) is 48.1. The number of carbonyl (C=O) groups is 3. The van der Waals surface area contributed by atoms with Crippen LogP contribution >= 0.6 is 0 Å². The first-order chi connectivity index (χ1) is 36.0.